The van der Waals surface area contributed by atoms with Crippen LogP contribution in [0.1, 0.15) is 58.8 Å². The van der Waals surface area contributed by atoms with E-state index in [9.17, 15) is 4.79 Å². The molecular weight excluding hydrogens is 375 g/mol. The second-order valence-electron chi connectivity index (χ2n) is 8.01. The first kappa shape index (κ1) is 14.8. The zero-order valence-electron chi connectivity index (χ0n) is 13.2. The molecule has 0 aliphatic heterocycles. The van der Waals surface area contributed by atoms with Crippen molar-refractivity contribution in [3.63, 3.8) is 0 Å². The normalized spacial score (nSPS) is 51.2. The van der Waals surface area contributed by atoms with Gasteiger partial charge < -0.3 is 4.74 Å². The second kappa shape index (κ2) is 5.10. The van der Waals surface area contributed by atoms with Crippen molar-refractivity contribution in [1.82, 2.24) is 0 Å². The summed E-state index contributed by atoms with van der Waals surface area (Å²) in [5.74, 6) is 5.45. The summed E-state index contributed by atoms with van der Waals surface area (Å²) in [4.78, 5) is 12.4. The fraction of sp³-hybridized carbons (Fsp3) is 0.944. The third-order valence-electron chi connectivity index (χ3n) is 7.41. The minimum absolute atomic E-state index is 0.0287. The molecule has 2 nitrogen and oxygen atoms in total. The maximum Gasteiger partial charge on any atom is 0.319 e. The summed E-state index contributed by atoms with van der Waals surface area (Å²) < 4.78 is 6.23. The van der Waals surface area contributed by atoms with Gasteiger partial charge in [-0.2, -0.15) is 0 Å². The Hall–Kier alpha value is 0.200. The van der Waals surface area contributed by atoms with Crippen LogP contribution in [0.3, 0.4) is 0 Å². The molecule has 8 atom stereocenters. The number of halogens is 1. The molecule has 21 heavy (non-hydrogen) atoms. The van der Waals surface area contributed by atoms with Crippen LogP contribution in [0.15, 0.2) is 0 Å². The Morgan fingerprint density at radius 2 is 1.90 bits per heavy atom. The first-order valence-corrected chi connectivity index (χ1v) is 10.2. The molecule has 0 aromatic heterocycles. The van der Waals surface area contributed by atoms with Crippen molar-refractivity contribution in [2.45, 2.75) is 68.3 Å². The maximum absolute atomic E-state index is 12.4. The van der Waals surface area contributed by atoms with Crippen LogP contribution in [0.4, 0.5) is 0 Å². The average molecular weight is 402 g/mol. The van der Waals surface area contributed by atoms with E-state index < -0.39 is 0 Å². The van der Waals surface area contributed by atoms with Crippen molar-refractivity contribution < 1.29 is 9.53 Å². The molecule has 0 aromatic carbocycles. The van der Waals surface area contributed by atoms with Gasteiger partial charge in [0.15, 0.2) is 0 Å². The Morgan fingerprint density at radius 3 is 2.57 bits per heavy atom. The largest absolute Gasteiger partial charge is 0.458 e. The van der Waals surface area contributed by atoms with Crippen LogP contribution in [-0.4, -0.2) is 15.5 Å². The summed E-state index contributed by atoms with van der Waals surface area (Å²) >= 11 is 2.25. The number of esters is 1. The molecule has 0 N–H and O–H groups in total. The van der Waals surface area contributed by atoms with Crippen LogP contribution < -0.4 is 0 Å². The Labute approximate surface area is 141 Å². The number of hydrogen-bond donors (Lipinski definition) is 0. The number of alkyl halides is 1. The molecule has 0 radical (unpaired) electrons. The van der Waals surface area contributed by atoms with Gasteiger partial charge in [0, 0.05) is 5.92 Å². The second-order valence-corrected chi connectivity index (χ2v) is 9.51. The highest BCUT2D eigenvalue weighted by atomic mass is 127. The molecule has 4 aliphatic carbocycles. The molecule has 118 valence electrons. The summed E-state index contributed by atoms with van der Waals surface area (Å²) in [6.07, 6.45) is 8.84. The summed E-state index contributed by atoms with van der Waals surface area (Å²) in [6, 6.07) is 0. The highest BCUT2D eigenvalue weighted by Crippen LogP contribution is 2.70. The Bertz CT molecular complexity index is 450. The molecule has 4 aliphatic rings. The topological polar surface area (TPSA) is 26.3 Å². The smallest absolute Gasteiger partial charge is 0.319 e. The van der Waals surface area contributed by atoms with Gasteiger partial charge in [-0.1, -0.05) is 36.4 Å². The predicted molar refractivity (Wildman–Crippen MR) is 91.2 cm³/mol. The van der Waals surface area contributed by atoms with Crippen LogP contribution in [0.2, 0.25) is 0 Å². The van der Waals surface area contributed by atoms with Crippen molar-refractivity contribution in [3.8, 4) is 0 Å². The predicted octanol–water partition coefficient (Wildman–Crippen LogP) is 4.59. The quantitative estimate of drug-likeness (QED) is 0.298. The van der Waals surface area contributed by atoms with Gasteiger partial charge in [0.2, 0.25) is 0 Å². The third-order valence-corrected chi connectivity index (χ3v) is 8.80. The van der Waals surface area contributed by atoms with Gasteiger partial charge in [-0.3, -0.25) is 4.79 Å². The van der Waals surface area contributed by atoms with Crippen molar-refractivity contribution in [2.24, 2.45) is 35.5 Å². The molecule has 0 amide bonds. The van der Waals surface area contributed by atoms with Crippen molar-refractivity contribution in [2.75, 3.05) is 0 Å². The van der Waals surface area contributed by atoms with Crippen molar-refractivity contribution >= 4 is 28.6 Å². The van der Waals surface area contributed by atoms with E-state index in [0.29, 0.717) is 5.92 Å². The van der Waals surface area contributed by atoms with Crippen molar-refractivity contribution in [1.29, 1.82) is 0 Å². The van der Waals surface area contributed by atoms with Crippen molar-refractivity contribution in [3.05, 3.63) is 0 Å². The van der Waals surface area contributed by atoms with Crippen LogP contribution >= 0.6 is 22.6 Å². The standard InChI is InChI=1S/C18H27IO2/c1-3-14(19)17(20)21-18(4-2)9-12-8-13(18)16-11-6-5-10(7-11)15(12)16/h10-16H,3-9H2,1-2H3. The highest BCUT2D eigenvalue weighted by Gasteiger charge is 2.67. The molecule has 0 saturated heterocycles. The molecule has 0 heterocycles. The number of hydrogen-bond acceptors (Lipinski definition) is 2. The monoisotopic (exact) mass is 402 g/mol. The minimum Gasteiger partial charge on any atom is -0.458 e. The Kier molecular flexibility index (Phi) is 3.59. The summed E-state index contributed by atoms with van der Waals surface area (Å²) in [6.45, 7) is 4.31. The zero-order chi connectivity index (χ0) is 14.8. The summed E-state index contributed by atoms with van der Waals surface area (Å²) in [7, 11) is 0. The van der Waals surface area contributed by atoms with Gasteiger partial charge in [0.25, 0.3) is 0 Å². The number of rotatable bonds is 4. The SMILES string of the molecule is CCC(I)C(=O)OC1(CC)CC2CC1C1C3CCC(C3)C21. The van der Waals surface area contributed by atoms with E-state index in [2.05, 4.69) is 36.4 Å². The molecule has 4 saturated carbocycles. The molecule has 8 unspecified atom stereocenters. The Morgan fingerprint density at radius 1 is 1.19 bits per heavy atom. The van der Waals surface area contributed by atoms with E-state index in [1.165, 1.54) is 25.7 Å². The highest BCUT2D eigenvalue weighted by molar-refractivity contribution is 14.1. The summed E-state index contributed by atoms with van der Waals surface area (Å²) in [5, 5.41) is 0. The molecule has 4 rings (SSSR count). The lowest BCUT2D eigenvalue weighted by Gasteiger charge is -2.45. The molecule has 3 heteroatoms. The lowest BCUT2D eigenvalue weighted by Crippen LogP contribution is -2.48. The fourth-order valence-electron chi connectivity index (χ4n) is 6.72. The number of fused-ring (bicyclic) bond motifs is 9. The molecule has 0 spiro atoms. The van der Waals surface area contributed by atoms with E-state index in [0.717, 1.165) is 48.9 Å². The molecule has 4 bridgehead atoms. The van der Waals surface area contributed by atoms with Gasteiger partial charge in [-0.25, -0.2) is 0 Å². The van der Waals surface area contributed by atoms with E-state index in [1.54, 1.807) is 0 Å². The van der Waals surface area contributed by atoms with Gasteiger partial charge >= 0.3 is 5.97 Å². The average Bonchev–Trinajstić information content (AvgIpc) is 3.23. The van der Waals surface area contributed by atoms with Gasteiger partial charge in [0.05, 0.1) is 0 Å². The van der Waals surface area contributed by atoms with Gasteiger partial charge in [-0.05, 0) is 74.5 Å². The van der Waals surface area contributed by atoms with Crippen LogP contribution in [0, 0.1) is 35.5 Å². The number of ether oxygens (including phenoxy) is 1. The van der Waals surface area contributed by atoms with Crippen LogP contribution in [-0.2, 0) is 9.53 Å². The third kappa shape index (κ3) is 1.98. The fourth-order valence-corrected chi connectivity index (χ4v) is 6.85. The molecule has 0 aromatic rings. The first-order valence-electron chi connectivity index (χ1n) is 8.96. The summed E-state index contributed by atoms with van der Waals surface area (Å²) in [5.41, 5.74) is -0.105. The van der Waals surface area contributed by atoms with Crippen LogP contribution in [0.5, 0.6) is 0 Å². The van der Waals surface area contributed by atoms with E-state index in [-0.39, 0.29) is 15.5 Å². The lowest BCUT2D eigenvalue weighted by molar-refractivity contribution is -0.171. The van der Waals surface area contributed by atoms with Gasteiger partial charge in [0.1, 0.15) is 9.53 Å². The zero-order valence-corrected chi connectivity index (χ0v) is 15.3. The van der Waals surface area contributed by atoms with E-state index in [4.69, 9.17) is 4.74 Å². The van der Waals surface area contributed by atoms with E-state index in [1.807, 2.05) is 0 Å². The number of carbonyl (C=O) groups is 1. The molecule has 4 fully saturated rings. The van der Waals surface area contributed by atoms with E-state index >= 15 is 0 Å². The van der Waals surface area contributed by atoms with Crippen LogP contribution in [0.25, 0.3) is 0 Å². The van der Waals surface area contributed by atoms with Gasteiger partial charge in [-0.15, -0.1) is 0 Å². The first-order chi connectivity index (χ1) is 10.1. The Balaban J connectivity index is 1.57. The lowest BCUT2D eigenvalue weighted by atomic mass is 9.65. The maximum atomic E-state index is 12.4. The number of carbonyl (C=O) groups excluding carboxylic acids is 1. The molecular formula is C18H27IO2. The minimum atomic E-state index is -0.105.